The van der Waals surface area contributed by atoms with Crippen LogP contribution in [0.1, 0.15) is 45.0 Å². The van der Waals surface area contributed by atoms with E-state index < -0.39 is 0 Å². The maximum Gasteiger partial charge on any atom is 0.139 e. The standard InChI is InChI=1S/C21H17BrN4.2C2H6/c1-12-6-8-16-18(10-12)25-20(23-16)13-7-9-17-19(11-13)26-21(24-17)14-4-2-3-5-15(14)22;2*1-2/h2-11,20,23,25H,1H3,(H,24,26);2*1-2H3. The van der Waals surface area contributed by atoms with Gasteiger partial charge in [-0.1, -0.05) is 74.0 Å². The smallest absolute Gasteiger partial charge is 0.139 e. The number of anilines is 2. The third-order valence-corrected chi connectivity index (χ3v) is 5.43. The lowest BCUT2D eigenvalue weighted by Crippen LogP contribution is -2.11. The second-order valence-corrected chi connectivity index (χ2v) is 7.47. The van der Waals surface area contributed by atoms with Crippen molar-refractivity contribution in [3.63, 3.8) is 0 Å². The van der Waals surface area contributed by atoms with Gasteiger partial charge < -0.3 is 15.6 Å². The minimum Gasteiger partial charge on any atom is -0.360 e. The monoisotopic (exact) mass is 464 g/mol. The minimum absolute atomic E-state index is 0.0615. The first kappa shape index (κ1) is 21.9. The Kier molecular flexibility index (Phi) is 7.16. The molecule has 0 saturated carbocycles. The van der Waals surface area contributed by atoms with Crippen molar-refractivity contribution in [3.8, 4) is 11.4 Å². The van der Waals surface area contributed by atoms with Crippen molar-refractivity contribution in [2.75, 3.05) is 10.6 Å². The average Bonchev–Trinajstić information content (AvgIpc) is 3.40. The number of aromatic amines is 1. The van der Waals surface area contributed by atoms with Gasteiger partial charge in [0.25, 0.3) is 0 Å². The van der Waals surface area contributed by atoms with E-state index in [1.54, 1.807) is 0 Å². The number of aromatic nitrogens is 2. The van der Waals surface area contributed by atoms with E-state index in [1.165, 1.54) is 11.1 Å². The number of imidazole rings is 1. The lowest BCUT2D eigenvalue weighted by atomic mass is 10.1. The van der Waals surface area contributed by atoms with E-state index in [-0.39, 0.29) is 6.17 Å². The highest BCUT2D eigenvalue weighted by molar-refractivity contribution is 9.10. The van der Waals surface area contributed by atoms with Crippen molar-refractivity contribution in [1.29, 1.82) is 0 Å². The van der Waals surface area contributed by atoms with Crippen molar-refractivity contribution in [2.45, 2.75) is 40.8 Å². The molecule has 0 amide bonds. The molecule has 3 N–H and O–H groups in total. The topological polar surface area (TPSA) is 52.7 Å². The van der Waals surface area contributed by atoms with Gasteiger partial charge in [0.1, 0.15) is 12.0 Å². The van der Waals surface area contributed by atoms with E-state index in [9.17, 15) is 0 Å². The Morgan fingerprint density at radius 3 is 2.33 bits per heavy atom. The van der Waals surface area contributed by atoms with Gasteiger partial charge in [0.05, 0.1) is 22.4 Å². The molecule has 4 aromatic rings. The van der Waals surface area contributed by atoms with Crippen LogP contribution >= 0.6 is 15.9 Å². The van der Waals surface area contributed by atoms with E-state index in [0.29, 0.717) is 0 Å². The van der Waals surface area contributed by atoms with Crippen molar-refractivity contribution >= 4 is 38.3 Å². The zero-order chi connectivity index (χ0) is 21.7. The van der Waals surface area contributed by atoms with Gasteiger partial charge in [-0.05, 0) is 48.4 Å². The molecule has 5 rings (SSSR count). The van der Waals surface area contributed by atoms with Gasteiger partial charge in [0.2, 0.25) is 0 Å². The molecule has 1 atom stereocenters. The Morgan fingerprint density at radius 2 is 1.57 bits per heavy atom. The van der Waals surface area contributed by atoms with E-state index in [2.05, 4.69) is 80.9 Å². The lowest BCUT2D eigenvalue weighted by molar-refractivity contribution is 0.943. The molecule has 1 aliphatic heterocycles. The molecule has 4 nitrogen and oxygen atoms in total. The number of aryl methyl sites for hydroxylation is 1. The highest BCUT2D eigenvalue weighted by Gasteiger charge is 2.21. The Bertz CT molecular complexity index is 1130. The quantitative estimate of drug-likeness (QED) is 0.282. The number of rotatable bonds is 2. The summed E-state index contributed by atoms with van der Waals surface area (Å²) in [6.45, 7) is 10.1. The van der Waals surface area contributed by atoms with Crippen LogP contribution in [0, 0.1) is 6.92 Å². The first-order chi connectivity index (χ1) is 14.7. The third-order valence-electron chi connectivity index (χ3n) is 4.74. The number of halogens is 1. The zero-order valence-corrected chi connectivity index (χ0v) is 19.8. The van der Waals surface area contributed by atoms with Crippen molar-refractivity contribution in [2.24, 2.45) is 0 Å². The van der Waals surface area contributed by atoms with Crippen LogP contribution in [0.25, 0.3) is 22.4 Å². The number of hydrogen-bond donors (Lipinski definition) is 3. The molecule has 3 aromatic carbocycles. The van der Waals surface area contributed by atoms with Crippen LogP contribution in [-0.2, 0) is 0 Å². The SMILES string of the molecule is CC.CC.Cc1ccc2c(c1)NC(c1ccc3nc(-c4ccccc4Br)[nH]c3c1)N2. The summed E-state index contributed by atoms with van der Waals surface area (Å²) >= 11 is 3.60. The number of nitrogens with zero attached hydrogens (tertiary/aromatic N) is 1. The van der Waals surface area contributed by atoms with Gasteiger partial charge in [0.15, 0.2) is 0 Å². The van der Waals surface area contributed by atoms with E-state index >= 15 is 0 Å². The third kappa shape index (κ3) is 4.36. The highest BCUT2D eigenvalue weighted by Crippen LogP contribution is 2.36. The molecule has 1 unspecified atom stereocenters. The first-order valence-electron chi connectivity index (χ1n) is 10.6. The number of fused-ring (bicyclic) bond motifs is 2. The average molecular weight is 465 g/mol. The molecule has 0 saturated heterocycles. The second-order valence-electron chi connectivity index (χ2n) is 6.61. The van der Waals surface area contributed by atoms with E-state index in [4.69, 9.17) is 4.98 Å². The maximum absolute atomic E-state index is 4.74. The summed E-state index contributed by atoms with van der Waals surface area (Å²) in [5.41, 5.74) is 7.77. The molecule has 0 spiro atoms. The zero-order valence-electron chi connectivity index (χ0n) is 18.2. The van der Waals surface area contributed by atoms with E-state index in [1.807, 2.05) is 45.9 Å². The molecular weight excluding hydrogens is 436 g/mol. The summed E-state index contributed by atoms with van der Waals surface area (Å²) in [6.07, 6.45) is 0.0615. The number of nitrogens with one attached hydrogen (secondary N) is 3. The lowest BCUT2D eigenvalue weighted by Gasteiger charge is -2.12. The van der Waals surface area contributed by atoms with Crippen LogP contribution in [0.5, 0.6) is 0 Å². The Labute approximate surface area is 187 Å². The molecule has 1 aromatic heterocycles. The van der Waals surface area contributed by atoms with Crippen LogP contribution in [0.2, 0.25) is 0 Å². The number of H-pyrrole nitrogens is 1. The Balaban J connectivity index is 0.000000606. The van der Waals surface area contributed by atoms with Crippen LogP contribution < -0.4 is 10.6 Å². The normalized spacial score (nSPS) is 13.9. The summed E-state index contributed by atoms with van der Waals surface area (Å²) in [5.74, 6) is 0.871. The predicted octanol–water partition coefficient (Wildman–Crippen LogP) is 7.89. The number of hydrogen-bond acceptors (Lipinski definition) is 3. The molecule has 0 aliphatic carbocycles. The molecule has 156 valence electrons. The first-order valence-corrected chi connectivity index (χ1v) is 11.3. The van der Waals surface area contributed by atoms with Crippen molar-refractivity contribution in [1.82, 2.24) is 9.97 Å². The summed E-state index contributed by atoms with van der Waals surface area (Å²) in [4.78, 5) is 8.19. The van der Waals surface area contributed by atoms with Crippen LogP contribution in [0.15, 0.2) is 65.1 Å². The molecule has 0 bridgehead atoms. The fraction of sp³-hybridized carbons (Fsp3) is 0.240. The van der Waals surface area contributed by atoms with Gasteiger partial charge in [-0.3, -0.25) is 0 Å². The molecule has 5 heteroatoms. The molecule has 2 heterocycles. The van der Waals surface area contributed by atoms with Gasteiger partial charge >= 0.3 is 0 Å². The molecular formula is C25H29BrN4. The Hall–Kier alpha value is -2.79. The second kappa shape index (κ2) is 9.81. The Morgan fingerprint density at radius 1 is 0.833 bits per heavy atom. The maximum atomic E-state index is 4.74. The van der Waals surface area contributed by atoms with Crippen LogP contribution in [0.3, 0.4) is 0 Å². The van der Waals surface area contributed by atoms with Gasteiger partial charge in [-0.25, -0.2) is 4.98 Å². The number of benzene rings is 3. The summed E-state index contributed by atoms with van der Waals surface area (Å²) < 4.78 is 1.03. The highest BCUT2D eigenvalue weighted by atomic mass is 79.9. The fourth-order valence-electron chi connectivity index (χ4n) is 3.40. The molecule has 0 radical (unpaired) electrons. The molecule has 30 heavy (non-hydrogen) atoms. The summed E-state index contributed by atoms with van der Waals surface area (Å²) in [7, 11) is 0. The van der Waals surface area contributed by atoms with E-state index in [0.717, 1.165) is 38.3 Å². The summed E-state index contributed by atoms with van der Waals surface area (Å²) in [6, 6.07) is 20.9. The van der Waals surface area contributed by atoms with Crippen LogP contribution in [0.4, 0.5) is 11.4 Å². The van der Waals surface area contributed by atoms with Crippen molar-refractivity contribution in [3.05, 3.63) is 76.3 Å². The largest absolute Gasteiger partial charge is 0.360 e. The predicted molar refractivity (Wildman–Crippen MR) is 133 cm³/mol. The van der Waals surface area contributed by atoms with Gasteiger partial charge in [0, 0.05) is 10.0 Å². The van der Waals surface area contributed by atoms with Crippen LogP contribution in [-0.4, -0.2) is 9.97 Å². The molecule has 0 fully saturated rings. The van der Waals surface area contributed by atoms with Gasteiger partial charge in [-0.15, -0.1) is 0 Å². The molecule has 1 aliphatic rings. The minimum atomic E-state index is 0.0615. The fourth-order valence-corrected chi connectivity index (χ4v) is 3.88. The van der Waals surface area contributed by atoms with Gasteiger partial charge in [-0.2, -0.15) is 0 Å². The van der Waals surface area contributed by atoms with Crippen molar-refractivity contribution < 1.29 is 0 Å². The summed E-state index contributed by atoms with van der Waals surface area (Å²) in [5, 5.41) is 7.09.